The molecule has 1 saturated carbocycles. The minimum absolute atomic E-state index is 0.0267. The monoisotopic (exact) mass is 493 g/mol. The number of halogens is 1. The topological polar surface area (TPSA) is 97.4 Å². The van der Waals surface area contributed by atoms with Crippen molar-refractivity contribution in [2.75, 3.05) is 6.61 Å². The SMILES string of the molecule is O=C(NC(Cc1ccc(F)cc1)C(=O)NC12CCCC1OCC2=O)c1cncc(-c2cccs2)c1. The molecule has 1 saturated heterocycles. The highest BCUT2D eigenvalue weighted by Gasteiger charge is 2.55. The van der Waals surface area contributed by atoms with Crippen LogP contribution in [0, 0.1) is 5.82 Å². The summed E-state index contributed by atoms with van der Waals surface area (Å²) in [5, 5.41) is 7.65. The summed E-state index contributed by atoms with van der Waals surface area (Å²) in [5.74, 6) is -1.48. The van der Waals surface area contributed by atoms with Gasteiger partial charge in [0.15, 0.2) is 5.78 Å². The van der Waals surface area contributed by atoms with Crippen LogP contribution in [0.4, 0.5) is 4.39 Å². The maximum atomic E-state index is 13.5. The second-order valence-corrected chi connectivity index (χ2v) is 9.82. The summed E-state index contributed by atoms with van der Waals surface area (Å²) in [7, 11) is 0. The molecule has 0 radical (unpaired) electrons. The number of carbonyl (C=O) groups is 3. The molecule has 1 aliphatic carbocycles. The first-order chi connectivity index (χ1) is 16.9. The van der Waals surface area contributed by atoms with Crippen molar-refractivity contribution >= 4 is 28.9 Å². The van der Waals surface area contributed by atoms with Crippen molar-refractivity contribution in [1.29, 1.82) is 0 Å². The van der Waals surface area contributed by atoms with Crippen LogP contribution in [0.1, 0.15) is 35.2 Å². The largest absolute Gasteiger partial charge is 0.367 e. The normalized spacial score (nSPS) is 22.0. The van der Waals surface area contributed by atoms with Crippen LogP contribution in [0.2, 0.25) is 0 Å². The maximum Gasteiger partial charge on any atom is 0.253 e. The Balaban J connectivity index is 1.38. The van der Waals surface area contributed by atoms with Gasteiger partial charge >= 0.3 is 0 Å². The lowest BCUT2D eigenvalue weighted by Crippen LogP contribution is -2.60. The van der Waals surface area contributed by atoms with E-state index in [9.17, 15) is 18.8 Å². The van der Waals surface area contributed by atoms with Crippen molar-refractivity contribution in [2.45, 2.75) is 43.4 Å². The Labute approximate surface area is 205 Å². The summed E-state index contributed by atoms with van der Waals surface area (Å²) in [5.41, 5.74) is 0.731. The Morgan fingerprint density at radius 3 is 2.83 bits per heavy atom. The predicted molar refractivity (Wildman–Crippen MR) is 128 cm³/mol. The Kier molecular flexibility index (Phi) is 6.44. The number of thiophene rings is 1. The molecule has 3 heterocycles. The van der Waals surface area contributed by atoms with E-state index in [1.807, 2.05) is 17.5 Å². The van der Waals surface area contributed by atoms with Gasteiger partial charge in [-0.3, -0.25) is 19.4 Å². The molecule has 2 fully saturated rings. The Hall–Kier alpha value is -3.43. The molecule has 2 aromatic heterocycles. The van der Waals surface area contributed by atoms with Gasteiger partial charge in [0.25, 0.3) is 5.91 Å². The van der Waals surface area contributed by atoms with Gasteiger partial charge in [0.05, 0.1) is 11.7 Å². The van der Waals surface area contributed by atoms with Crippen LogP contribution in [0.5, 0.6) is 0 Å². The first kappa shape index (κ1) is 23.3. The minimum Gasteiger partial charge on any atom is -0.367 e. The third-order valence-electron chi connectivity index (χ3n) is 6.63. The van der Waals surface area contributed by atoms with Gasteiger partial charge in [0.2, 0.25) is 5.91 Å². The van der Waals surface area contributed by atoms with E-state index < -0.39 is 29.2 Å². The molecule has 7 nitrogen and oxygen atoms in total. The van der Waals surface area contributed by atoms with Crippen molar-refractivity contribution in [1.82, 2.24) is 15.6 Å². The van der Waals surface area contributed by atoms with E-state index in [4.69, 9.17) is 4.74 Å². The second kappa shape index (κ2) is 9.67. The number of benzene rings is 1. The Morgan fingerprint density at radius 2 is 2.06 bits per heavy atom. The van der Waals surface area contributed by atoms with Gasteiger partial charge < -0.3 is 15.4 Å². The number of aromatic nitrogens is 1. The van der Waals surface area contributed by atoms with Gasteiger partial charge in [-0.25, -0.2) is 4.39 Å². The molecule has 1 aliphatic heterocycles. The molecule has 3 aromatic rings. The average molecular weight is 494 g/mol. The fourth-order valence-electron chi connectivity index (χ4n) is 4.79. The number of rotatable bonds is 7. The first-order valence-corrected chi connectivity index (χ1v) is 12.3. The van der Waals surface area contributed by atoms with Crippen molar-refractivity contribution in [3.8, 4) is 10.4 Å². The molecule has 2 N–H and O–H groups in total. The van der Waals surface area contributed by atoms with Crippen LogP contribution in [0.3, 0.4) is 0 Å². The standard InChI is InChI=1S/C26H24FN3O4S/c27-19-7-5-16(6-8-19)11-20(25(33)30-26-9-1-4-23(26)34-15-22(26)31)29-24(32)18-12-17(13-28-14-18)21-3-2-10-35-21/h2-3,5-8,10,12-14,20,23H,1,4,9,11,15H2,(H,29,32)(H,30,33). The number of nitrogens with one attached hydrogen (secondary N) is 2. The summed E-state index contributed by atoms with van der Waals surface area (Å²) in [6.07, 6.45) is 4.87. The third-order valence-corrected chi connectivity index (χ3v) is 7.55. The van der Waals surface area contributed by atoms with E-state index in [1.54, 1.807) is 24.4 Å². The van der Waals surface area contributed by atoms with Gasteiger partial charge in [0, 0.05) is 29.3 Å². The van der Waals surface area contributed by atoms with Crippen molar-refractivity contribution < 1.29 is 23.5 Å². The average Bonchev–Trinajstić information content (AvgIpc) is 3.59. The van der Waals surface area contributed by atoms with Crippen molar-refractivity contribution in [2.24, 2.45) is 0 Å². The quantitative estimate of drug-likeness (QED) is 0.527. The minimum atomic E-state index is -1.05. The van der Waals surface area contributed by atoms with Crippen LogP contribution in [-0.2, 0) is 20.7 Å². The van der Waals surface area contributed by atoms with Crippen LogP contribution in [0.15, 0.2) is 60.2 Å². The lowest BCUT2D eigenvalue weighted by Gasteiger charge is -2.30. The Morgan fingerprint density at radius 1 is 1.23 bits per heavy atom. The lowest BCUT2D eigenvalue weighted by molar-refractivity contribution is -0.131. The number of pyridine rings is 1. The highest BCUT2D eigenvalue weighted by molar-refractivity contribution is 7.13. The van der Waals surface area contributed by atoms with Crippen LogP contribution in [-0.4, -0.2) is 46.9 Å². The summed E-state index contributed by atoms with van der Waals surface area (Å²) in [4.78, 5) is 44.4. The van der Waals surface area contributed by atoms with Crippen LogP contribution < -0.4 is 10.6 Å². The van der Waals surface area contributed by atoms with Gasteiger partial charge in [-0.1, -0.05) is 18.2 Å². The van der Waals surface area contributed by atoms with E-state index >= 15 is 0 Å². The fourth-order valence-corrected chi connectivity index (χ4v) is 5.50. The fraction of sp³-hybridized carbons (Fsp3) is 0.308. The first-order valence-electron chi connectivity index (χ1n) is 11.5. The number of amides is 2. The number of fused-ring (bicyclic) bond motifs is 1. The van der Waals surface area contributed by atoms with E-state index in [0.717, 1.165) is 16.9 Å². The zero-order valence-electron chi connectivity index (χ0n) is 18.8. The Bertz CT molecular complexity index is 1250. The zero-order chi connectivity index (χ0) is 24.4. The predicted octanol–water partition coefficient (Wildman–Crippen LogP) is 3.30. The summed E-state index contributed by atoms with van der Waals surface area (Å²) in [6.45, 7) is -0.0267. The second-order valence-electron chi connectivity index (χ2n) is 8.87. The van der Waals surface area contributed by atoms with Gasteiger partial charge in [-0.2, -0.15) is 0 Å². The summed E-state index contributed by atoms with van der Waals surface area (Å²) in [6, 6.07) is 10.3. The molecular weight excluding hydrogens is 469 g/mol. The number of ketones is 1. The summed E-state index contributed by atoms with van der Waals surface area (Å²) >= 11 is 1.53. The lowest BCUT2D eigenvalue weighted by atomic mass is 9.91. The number of Topliss-reactive ketones (excluding diaryl/α,β-unsaturated/α-hetero) is 1. The number of hydrogen-bond acceptors (Lipinski definition) is 6. The molecule has 0 bridgehead atoms. The smallest absolute Gasteiger partial charge is 0.253 e. The number of ether oxygens (including phenoxy) is 1. The molecular formula is C26H24FN3O4S. The highest BCUT2D eigenvalue weighted by atomic mass is 32.1. The van der Waals surface area contributed by atoms with E-state index in [2.05, 4.69) is 15.6 Å². The molecule has 3 unspecified atom stereocenters. The highest BCUT2D eigenvalue weighted by Crippen LogP contribution is 2.38. The summed E-state index contributed by atoms with van der Waals surface area (Å²) < 4.78 is 19.0. The van der Waals surface area contributed by atoms with Gasteiger partial charge in [0.1, 0.15) is 24.0 Å². The molecule has 180 valence electrons. The zero-order valence-corrected chi connectivity index (χ0v) is 19.6. The van der Waals surface area contributed by atoms with Crippen LogP contribution >= 0.6 is 11.3 Å². The maximum absolute atomic E-state index is 13.5. The van der Waals surface area contributed by atoms with Crippen molar-refractivity contribution in [3.63, 3.8) is 0 Å². The van der Waals surface area contributed by atoms with Crippen LogP contribution in [0.25, 0.3) is 10.4 Å². The van der Waals surface area contributed by atoms with E-state index in [0.29, 0.717) is 24.0 Å². The molecule has 9 heteroatoms. The van der Waals surface area contributed by atoms with E-state index in [-0.39, 0.29) is 24.9 Å². The number of nitrogens with zero attached hydrogens (tertiary/aromatic N) is 1. The molecule has 3 atom stereocenters. The van der Waals surface area contributed by atoms with Crippen molar-refractivity contribution in [3.05, 3.63) is 77.2 Å². The number of hydrogen-bond donors (Lipinski definition) is 2. The molecule has 2 amide bonds. The molecule has 2 aliphatic rings. The van der Waals surface area contributed by atoms with Gasteiger partial charge in [-0.05, 0) is 54.5 Å². The third kappa shape index (κ3) is 4.74. The molecule has 35 heavy (non-hydrogen) atoms. The number of carbonyl (C=O) groups excluding carboxylic acids is 3. The molecule has 0 spiro atoms. The molecule has 1 aromatic carbocycles. The molecule has 5 rings (SSSR count). The van der Waals surface area contributed by atoms with Gasteiger partial charge in [-0.15, -0.1) is 11.3 Å². The van der Waals surface area contributed by atoms with E-state index in [1.165, 1.54) is 29.7 Å².